The third kappa shape index (κ3) is 3.87. The molecular weight excluding hydrogens is 425 g/mol. The summed E-state index contributed by atoms with van der Waals surface area (Å²) in [4.78, 5) is 33.7. The van der Waals surface area contributed by atoms with Crippen molar-refractivity contribution in [1.29, 1.82) is 0 Å². The maximum Gasteiger partial charge on any atom is 0.262 e. The number of halogens is 1. The fourth-order valence-corrected chi connectivity index (χ4v) is 5.63. The fourth-order valence-electron chi connectivity index (χ4n) is 4.57. The van der Waals surface area contributed by atoms with Crippen LogP contribution in [0.15, 0.2) is 53.3 Å². The minimum atomic E-state index is -0.328. The predicted octanol–water partition coefficient (Wildman–Crippen LogP) is 4.49. The van der Waals surface area contributed by atoms with E-state index in [1.54, 1.807) is 16.5 Å². The van der Waals surface area contributed by atoms with Gasteiger partial charge in [-0.1, -0.05) is 23.5 Å². The van der Waals surface area contributed by atoms with Gasteiger partial charge in [0.05, 0.1) is 10.2 Å². The number of fused-ring (bicyclic) bond motifs is 3. The largest absolute Gasteiger partial charge is 0.303 e. The van der Waals surface area contributed by atoms with Crippen molar-refractivity contribution in [1.82, 2.24) is 14.3 Å². The zero-order chi connectivity index (χ0) is 22.2. The average Bonchev–Trinajstić information content (AvgIpc) is 3.17. The summed E-state index contributed by atoms with van der Waals surface area (Å²) >= 11 is 1.54. The molecule has 0 spiro atoms. The molecule has 164 valence electrons. The van der Waals surface area contributed by atoms with Crippen LogP contribution >= 0.6 is 11.3 Å². The van der Waals surface area contributed by atoms with Gasteiger partial charge in [0.2, 0.25) is 0 Å². The summed E-state index contributed by atoms with van der Waals surface area (Å²) in [5.41, 5.74) is 3.06. The molecule has 0 unspecified atom stereocenters. The van der Waals surface area contributed by atoms with Gasteiger partial charge in [0.1, 0.15) is 5.82 Å². The van der Waals surface area contributed by atoms with Crippen LogP contribution in [0, 0.1) is 18.7 Å². The van der Waals surface area contributed by atoms with E-state index in [0.29, 0.717) is 12.0 Å². The number of aryl methyl sites for hydroxylation is 1. The van der Waals surface area contributed by atoms with Crippen molar-refractivity contribution in [3.8, 4) is 0 Å². The van der Waals surface area contributed by atoms with E-state index in [4.69, 9.17) is 4.98 Å². The van der Waals surface area contributed by atoms with Crippen molar-refractivity contribution in [2.24, 2.45) is 5.92 Å². The van der Waals surface area contributed by atoms with Crippen molar-refractivity contribution in [2.45, 2.75) is 26.2 Å². The van der Waals surface area contributed by atoms with Crippen molar-refractivity contribution in [3.63, 3.8) is 0 Å². The zero-order valence-electron chi connectivity index (χ0n) is 17.9. The molecule has 0 amide bonds. The summed E-state index contributed by atoms with van der Waals surface area (Å²) in [6.45, 7) is 4.31. The molecule has 0 N–H and O–H groups in total. The Morgan fingerprint density at radius 1 is 1.12 bits per heavy atom. The summed E-state index contributed by atoms with van der Waals surface area (Å²) in [5, 5.41) is 0. The standard InChI is InChI=1S/C25H24FN3O2S/c1-16-20(24(31)29-21-4-2-3-5-22(21)32-25(29)27-16)12-15-28-13-10-18(11-14-28)23(30)17-6-8-19(26)9-7-17/h2-9,18H,10-15H2,1H3. The number of aromatic nitrogens is 2. The molecule has 1 fully saturated rings. The van der Waals surface area contributed by atoms with E-state index in [1.165, 1.54) is 23.5 Å². The smallest absolute Gasteiger partial charge is 0.262 e. The van der Waals surface area contributed by atoms with Crippen LogP contribution in [0.2, 0.25) is 0 Å². The van der Waals surface area contributed by atoms with Gasteiger partial charge in [-0.05, 0) is 75.7 Å². The molecule has 0 bridgehead atoms. The van der Waals surface area contributed by atoms with Crippen molar-refractivity contribution in [3.05, 3.63) is 81.5 Å². The molecule has 2 aromatic heterocycles. The number of ketones is 1. The Kier molecular flexibility index (Phi) is 5.61. The van der Waals surface area contributed by atoms with Crippen molar-refractivity contribution in [2.75, 3.05) is 19.6 Å². The minimum Gasteiger partial charge on any atom is -0.303 e. The van der Waals surface area contributed by atoms with Gasteiger partial charge >= 0.3 is 0 Å². The molecule has 0 atom stereocenters. The monoisotopic (exact) mass is 449 g/mol. The highest BCUT2D eigenvalue weighted by atomic mass is 32.1. The Labute approximate surface area is 189 Å². The lowest BCUT2D eigenvalue weighted by Crippen LogP contribution is -2.38. The van der Waals surface area contributed by atoms with Gasteiger partial charge in [-0.25, -0.2) is 9.37 Å². The second-order valence-electron chi connectivity index (χ2n) is 8.41. The second-order valence-corrected chi connectivity index (χ2v) is 9.41. The molecule has 5 nitrogen and oxygen atoms in total. The van der Waals surface area contributed by atoms with E-state index in [9.17, 15) is 14.0 Å². The summed E-state index contributed by atoms with van der Waals surface area (Å²) in [6.07, 6.45) is 2.20. The summed E-state index contributed by atoms with van der Waals surface area (Å²) < 4.78 is 15.9. The minimum absolute atomic E-state index is 0.0197. The maximum atomic E-state index is 13.3. The average molecular weight is 450 g/mol. The van der Waals surface area contributed by atoms with Crippen LogP contribution in [0.25, 0.3) is 15.2 Å². The SMILES string of the molecule is Cc1nc2sc3ccccc3n2c(=O)c1CCN1CCC(C(=O)c2ccc(F)cc2)CC1. The number of hydrogen-bond acceptors (Lipinski definition) is 5. The molecule has 1 saturated heterocycles. The third-order valence-corrected chi connectivity index (χ3v) is 7.45. The van der Waals surface area contributed by atoms with Crippen LogP contribution in [0.3, 0.4) is 0 Å². The molecule has 0 saturated carbocycles. The number of para-hydroxylation sites is 1. The number of carbonyl (C=O) groups is 1. The number of likely N-dealkylation sites (tertiary alicyclic amines) is 1. The molecule has 1 aliphatic rings. The molecule has 4 aromatic rings. The Hall–Kier alpha value is -2.90. The van der Waals surface area contributed by atoms with Gasteiger partial charge in [0.25, 0.3) is 5.56 Å². The molecule has 0 radical (unpaired) electrons. The molecule has 5 rings (SSSR count). The first kappa shape index (κ1) is 21.0. The van der Waals surface area contributed by atoms with Gasteiger partial charge in [0, 0.05) is 29.3 Å². The van der Waals surface area contributed by atoms with Gasteiger partial charge in [0.15, 0.2) is 10.7 Å². The van der Waals surface area contributed by atoms with E-state index in [2.05, 4.69) is 4.90 Å². The van der Waals surface area contributed by atoms with Crippen LogP contribution in [-0.4, -0.2) is 39.7 Å². The van der Waals surface area contributed by atoms with Crippen LogP contribution in [0.4, 0.5) is 4.39 Å². The quantitative estimate of drug-likeness (QED) is 0.421. The first-order valence-electron chi connectivity index (χ1n) is 10.9. The molecular formula is C25H24FN3O2S. The number of carbonyl (C=O) groups excluding carboxylic acids is 1. The van der Waals surface area contributed by atoms with Crippen molar-refractivity contribution >= 4 is 32.3 Å². The topological polar surface area (TPSA) is 54.7 Å². The molecule has 32 heavy (non-hydrogen) atoms. The Morgan fingerprint density at radius 3 is 2.59 bits per heavy atom. The first-order valence-corrected chi connectivity index (χ1v) is 11.7. The highest BCUT2D eigenvalue weighted by molar-refractivity contribution is 7.23. The lowest BCUT2D eigenvalue weighted by molar-refractivity contribution is 0.0841. The number of rotatable bonds is 5. The number of nitrogens with zero attached hydrogens (tertiary/aromatic N) is 3. The summed E-state index contributed by atoms with van der Waals surface area (Å²) in [5.74, 6) is -0.261. The second kappa shape index (κ2) is 8.56. The Morgan fingerprint density at radius 2 is 1.84 bits per heavy atom. The lowest BCUT2D eigenvalue weighted by atomic mass is 9.89. The number of hydrogen-bond donors (Lipinski definition) is 0. The predicted molar refractivity (Wildman–Crippen MR) is 125 cm³/mol. The number of benzene rings is 2. The highest BCUT2D eigenvalue weighted by Gasteiger charge is 2.26. The van der Waals surface area contributed by atoms with Crippen LogP contribution < -0.4 is 5.56 Å². The molecule has 3 heterocycles. The highest BCUT2D eigenvalue weighted by Crippen LogP contribution is 2.25. The maximum absolute atomic E-state index is 13.3. The number of piperidine rings is 1. The third-order valence-electron chi connectivity index (χ3n) is 6.43. The normalized spacial score (nSPS) is 15.6. The number of Topliss-reactive ketones (excluding diaryl/α,β-unsaturated/α-hetero) is 1. The van der Waals surface area contributed by atoms with Crippen LogP contribution in [-0.2, 0) is 6.42 Å². The summed E-state index contributed by atoms with van der Waals surface area (Å²) in [7, 11) is 0. The van der Waals surface area contributed by atoms with Gasteiger partial charge in [-0.3, -0.25) is 14.0 Å². The van der Waals surface area contributed by atoms with Gasteiger partial charge in [-0.2, -0.15) is 0 Å². The van der Waals surface area contributed by atoms with Crippen LogP contribution in [0.1, 0.15) is 34.5 Å². The zero-order valence-corrected chi connectivity index (χ0v) is 18.7. The Balaban J connectivity index is 1.27. The van der Waals surface area contributed by atoms with Gasteiger partial charge in [-0.15, -0.1) is 0 Å². The van der Waals surface area contributed by atoms with E-state index in [-0.39, 0.29) is 23.1 Å². The molecule has 0 aliphatic carbocycles. The van der Waals surface area contributed by atoms with E-state index < -0.39 is 0 Å². The first-order chi connectivity index (χ1) is 15.5. The molecule has 1 aliphatic heterocycles. The molecule has 7 heteroatoms. The Bertz CT molecular complexity index is 1350. The fraction of sp³-hybridized carbons (Fsp3) is 0.320. The van der Waals surface area contributed by atoms with E-state index in [0.717, 1.165) is 58.9 Å². The van der Waals surface area contributed by atoms with Gasteiger partial charge < -0.3 is 4.90 Å². The lowest BCUT2D eigenvalue weighted by Gasteiger charge is -2.31. The van der Waals surface area contributed by atoms with Crippen molar-refractivity contribution < 1.29 is 9.18 Å². The van der Waals surface area contributed by atoms with E-state index in [1.807, 2.05) is 31.2 Å². The summed E-state index contributed by atoms with van der Waals surface area (Å²) in [6, 6.07) is 13.7. The van der Waals surface area contributed by atoms with Crippen LogP contribution in [0.5, 0.6) is 0 Å². The number of thiazole rings is 1. The molecule has 2 aromatic carbocycles. The van der Waals surface area contributed by atoms with E-state index >= 15 is 0 Å².